The van der Waals surface area contributed by atoms with Crippen molar-refractivity contribution in [3.63, 3.8) is 0 Å². The van der Waals surface area contributed by atoms with E-state index in [1.54, 1.807) is 48.5 Å². The number of rotatable bonds is 6. The Kier molecular flexibility index (Phi) is 9.67. The van der Waals surface area contributed by atoms with Crippen molar-refractivity contribution < 1.29 is 16.8 Å². The van der Waals surface area contributed by atoms with Crippen molar-refractivity contribution >= 4 is 43.2 Å². The molecular weight excluding hydrogens is 707 g/mol. The van der Waals surface area contributed by atoms with E-state index in [4.69, 9.17) is 23.2 Å². The van der Waals surface area contributed by atoms with Gasteiger partial charge in [-0.2, -0.15) is 8.61 Å². The lowest BCUT2D eigenvalue weighted by Crippen LogP contribution is -2.25. The standard InChI is InChI=1S/2C20H16ClNO2S/c2*21-19-8-4-5-9-20(19)25(23,24)22-13-17-11-10-16(12-18(17)14-22)15-6-2-1-3-7-15/h2*1-12H,13-14H2. The fourth-order valence-corrected chi connectivity index (χ4v) is 10.1. The fraction of sp³-hybridized carbons (Fsp3) is 0.100. The minimum absolute atomic E-state index is 0.160. The number of hydrogen-bond acceptors (Lipinski definition) is 4. The summed E-state index contributed by atoms with van der Waals surface area (Å²) in [6.45, 7) is 1.48. The first kappa shape index (κ1) is 34.2. The zero-order valence-electron chi connectivity index (χ0n) is 26.8. The van der Waals surface area contributed by atoms with Crippen LogP contribution in [0.4, 0.5) is 0 Å². The molecule has 0 unspecified atom stereocenters. The molecule has 0 saturated heterocycles. The van der Waals surface area contributed by atoms with E-state index in [0.29, 0.717) is 26.2 Å². The summed E-state index contributed by atoms with van der Waals surface area (Å²) < 4.78 is 54.6. The molecule has 0 atom stereocenters. The van der Waals surface area contributed by atoms with Crippen molar-refractivity contribution in [2.45, 2.75) is 36.0 Å². The summed E-state index contributed by atoms with van der Waals surface area (Å²) in [5, 5.41) is 0.506. The van der Waals surface area contributed by atoms with Crippen LogP contribution in [-0.2, 0) is 46.2 Å². The highest BCUT2D eigenvalue weighted by Gasteiger charge is 2.33. The van der Waals surface area contributed by atoms with Gasteiger partial charge in [-0.15, -0.1) is 0 Å². The molecule has 50 heavy (non-hydrogen) atoms. The van der Waals surface area contributed by atoms with E-state index in [-0.39, 0.29) is 19.8 Å². The Morgan fingerprint density at radius 3 is 1.10 bits per heavy atom. The number of hydrogen-bond donors (Lipinski definition) is 0. The number of benzene rings is 6. The van der Waals surface area contributed by atoms with Gasteiger partial charge in [0.05, 0.1) is 10.0 Å². The van der Waals surface area contributed by atoms with E-state index in [1.165, 1.54) is 8.61 Å². The Morgan fingerprint density at radius 2 is 0.720 bits per heavy atom. The smallest absolute Gasteiger partial charge is 0.207 e. The summed E-state index contributed by atoms with van der Waals surface area (Å²) in [6, 6.07) is 45.6. The maximum Gasteiger partial charge on any atom is 0.245 e. The molecule has 0 fully saturated rings. The molecule has 0 aromatic heterocycles. The summed E-state index contributed by atoms with van der Waals surface area (Å²) in [5.74, 6) is 0. The van der Waals surface area contributed by atoms with Crippen LogP contribution < -0.4 is 0 Å². The molecular formula is C40H32Cl2N2O4S2. The summed E-state index contributed by atoms with van der Waals surface area (Å²) in [5.41, 5.74) is 8.59. The summed E-state index contributed by atoms with van der Waals surface area (Å²) in [4.78, 5) is 0.320. The van der Waals surface area contributed by atoms with Crippen LogP contribution in [0.15, 0.2) is 155 Å². The monoisotopic (exact) mass is 738 g/mol. The van der Waals surface area contributed by atoms with Gasteiger partial charge in [0.1, 0.15) is 9.79 Å². The highest BCUT2D eigenvalue weighted by molar-refractivity contribution is 7.89. The van der Waals surface area contributed by atoms with Gasteiger partial charge in [-0.1, -0.05) is 132 Å². The molecule has 6 aromatic carbocycles. The minimum Gasteiger partial charge on any atom is -0.207 e. The third-order valence-corrected chi connectivity index (χ3v) is 13.5. The van der Waals surface area contributed by atoms with Crippen LogP contribution in [0.2, 0.25) is 10.0 Å². The minimum atomic E-state index is -3.61. The third kappa shape index (κ3) is 6.88. The van der Waals surface area contributed by atoms with Crippen molar-refractivity contribution in [1.29, 1.82) is 0 Å². The van der Waals surface area contributed by atoms with Crippen LogP contribution in [0.1, 0.15) is 22.3 Å². The van der Waals surface area contributed by atoms with Gasteiger partial charge in [0, 0.05) is 26.2 Å². The van der Waals surface area contributed by atoms with Gasteiger partial charge in [0.15, 0.2) is 0 Å². The van der Waals surface area contributed by atoms with Crippen molar-refractivity contribution in [3.05, 3.63) is 178 Å². The normalized spacial score (nSPS) is 14.4. The average Bonchev–Trinajstić information content (AvgIpc) is 3.78. The van der Waals surface area contributed by atoms with Crippen LogP contribution >= 0.6 is 23.2 Å². The first-order valence-electron chi connectivity index (χ1n) is 15.9. The summed E-state index contributed by atoms with van der Waals surface area (Å²) in [7, 11) is -7.23. The van der Waals surface area contributed by atoms with Crippen molar-refractivity contribution in [2.24, 2.45) is 0 Å². The summed E-state index contributed by atoms with van der Waals surface area (Å²) in [6.07, 6.45) is 0. The molecule has 2 aliphatic heterocycles. The first-order chi connectivity index (χ1) is 24.1. The number of sulfonamides is 2. The fourth-order valence-electron chi connectivity index (χ4n) is 6.27. The van der Waals surface area contributed by atoms with Gasteiger partial charge in [-0.05, 0) is 80.9 Å². The van der Waals surface area contributed by atoms with Gasteiger partial charge in [-0.25, -0.2) is 16.8 Å². The molecule has 6 nitrogen and oxygen atoms in total. The van der Waals surface area contributed by atoms with E-state index in [0.717, 1.165) is 44.5 Å². The molecule has 0 saturated carbocycles. The van der Waals surface area contributed by atoms with Gasteiger partial charge < -0.3 is 0 Å². The van der Waals surface area contributed by atoms with E-state index < -0.39 is 20.0 Å². The first-order valence-corrected chi connectivity index (χ1v) is 19.6. The Bertz CT molecular complexity index is 2240. The van der Waals surface area contributed by atoms with Crippen molar-refractivity contribution in [3.8, 4) is 22.3 Å². The maximum atomic E-state index is 12.9. The maximum absolute atomic E-state index is 12.9. The zero-order chi connectivity index (χ0) is 34.9. The van der Waals surface area contributed by atoms with Gasteiger partial charge in [0.25, 0.3) is 0 Å². The molecule has 6 aromatic rings. The van der Waals surface area contributed by atoms with Crippen molar-refractivity contribution in [2.75, 3.05) is 0 Å². The second-order valence-corrected chi connectivity index (χ2v) is 16.7. The third-order valence-electron chi connectivity index (χ3n) is 8.92. The average molecular weight is 740 g/mol. The Balaban J connectivity index is 0.000000157. The molecule has 0 spiro atoms. The van der Waals surface area contributed by atoms with Crippen LogP contribution in [0.3, 0.4) is 0 Å². The van der Waals surface area contributed by atoms with Crippen LogP contribution in [0.5, 0.6) is 0 Å². The Hall–Kier alpha value is -4.28. The van der Waals surface area contributed by atoms with E-state index in [2.05, 4.69) is 36.4 Å². The number of nitrogens with zero attached hydrogens (tertiary/aromatic N) is 2. The molecule has 8 rings (SSSR count). The molecule has 2 heterocycles. The largest absolute Gasteiger partial charge is 0.245 e. The van der Waals surface area contributed by atoms with Crippen LogP contribution in [0, 0.1) is 0 Å². The van der Waals surface area contributed by atoms with Crippen molar-refractivity contribution in [1.82, 2.24) is 8.61 Å². The second kappa shape index (κ2) is 14.2. The highest BCUT2D eigenvalue weighted by Crippen LogP contribution is 2.35. The van der Waals surface area contributed by atoms with E-state index in [1.807, 2.05) is 60.7 Å². The van der Waals surface area contributed by atoms with Crippen LogP contribution in [0.25, 0.3) is 22.3 Å². The van der Waals surface area contributed by atoms with E-state index >= 15 is 0 Å². The zero-order valence-corrected chi connectivity index (χ0v) is 29.9. The quantitative estimate of drug-likeness (QED) is 0.171. The number of fused-ring (bicyclic) bond motifs is 2. The lowest BCUT2D eigenvalue weighted by molar-refractivity contribution is 0.431. The van der Waals surface area contributed by atoms with E-state index in [9.17, 15) is 16.8 Å². The SMILES string of the molecule is O=S(=O)(c1ccccc1Cl)N1Cc2ccc(-c3ccccc3)cc2C1.O=S(=O)(c1ccccc1Cl)N1Cc2ccc(-c3ccccc3)cc2C1. The molecule has 252 valence electrons. The van der Waals surface area contributed by atoms with Gasteiger partial charge in [0.2, 0.25) is 20.0 Å². The Morgan fingerprint density at radius 1 is 0.380 bits per heavy atom. The predicted octanol–water partition coefficient (Wildman–Crippen LogP) is 9.42. The lowest BCUT2D eigenvalue weighted by Gasteiger charge is -2.16. The Labute approximate surface area is 303 Å². The molecule has 0 radical (unpaired) electrons. The topological polar surface area (TPSA) is 74.8 Å². The van der Waals surface area contributed by atoms with Crippen LogP contribution in [-0.4, -0.2) is 25.4 Å². The number of halogens is 2. The predicted molar refractivity (Wildman–Crippen MR) is 200 cm³/mol. The second-order valence-electron chi connectivity index (χ2n) is 12.1. The molecule has 0 bridgehead atoms. The molecule has 0 amide bonds. The molecule has 10 heteroatoms. The van der Waals surface area contributed by atoms with Gasteiger partial charge >= 0.3 is 0 Å². The molecule has 0 aliphatic carbocycles. The molecule has 2 aliphatic rings. The summed E-state index contributed by atoms with van der Waals surface area (Å²) >= 11 is 12.2. The molecule has 0 N–H and O–H groups in total. The highest BCUT2D eigenvalue weighted by atomic mass is 35.5. The van der Waals surface area contributed by atoms with Gasteiger partial charge in [-0.3, -0.25) is 0 Å². The lowest BCUT2D eigenvalue weighted by atomic mass is 10.0.